The third-order valence-corrected chi connectivity index (χ3v) is 2.38. The predicted octanol–water partition coefficient (Wildman–Crippen LogP) is -0.325. The van der Waals surface area contributed by atoms with E-state index in [1.807, 2.05) is 0 Å². The Morgan fingerprint density at radius 3 is 2.94 bits per heavy atom. The number of nitrogen functional groups attached to an aromatic ring is 1. The Morgan fingerprint density at radius 2 is 2.25 bits per heavy atom. The quantitative estimate of drug-likeness (QED) is 0.661. The van der Waals surface area contributed by atoms with Crippen LogP contribution in [-0.2, 0) is 6.54 Å². The summed E-state index contributed by atoms with van der Waals surface area (Å²) in [4.78, 5) is 8.32. The first kappa shape index (κ1) is 10.8. The molecule has 0 amide bonds. The van der Waals surface area contributed by atoms with Crippen LogP contribution in [0.2, 0.25) is 0 Å². The summed E-state index contributed by atoms with van der Waals surface area (Å²) in [5, 5.41) is 18.9. The minimum absolute atomic E-state index is 0.279. The van der Waals surface area contributed by atoms with Gasteiger partial charge in [0.2, 0.25) is 0 Å². The first-order valence-corrected chi connectivity index (χ1v) is 4.99. The number of nitrogens with two attached hydrogens (primary N) is 1. The van der Waals surface area contributed by atoms with Crippen LogP contribution in [0.1, 0.15) is 5.82 Å². The summed E-state index contributed by atoms with van der Waals surface area (Å²) in [6.07, 6.45) is 0.973. The Balaban J connectivity index is 2.47. The van der Waals surface area contributed by atoms with Crippen molar-refractivity contribution in [3.63, 3.8) is 0 Å². The van der Waals surface area contributed by atoms with Crippen LogP contribution < -0.4 is 5.73 Å². The average Bonchev–Trinajstić information content (AvgIpc) is 2.61. The van der Waals surface area contributed by atoms with Crippen molar-refractivity contribution in [2.45, 2.75) is 19.6 Å². The van der Waals surface area contributed by atoms with Crippen molar-refractivity contribution in [1.29, 1.82) is 0 Å². The van der Waals surface area contributed by atoms with E-state index in [0.29, 0.717) is 17.3 Å². The van der Waals surface area contributed by atoms with E-state index in [2.05, 4.69) is 9.97 Å². The minimum atomic E-state index is -0.799. The number of aliphatic hydroxyl groups is 2. The Kier molecular flexibility index (Phi) is 2.76. The maximum absolute atomic E-state index is 9.38. The van der Waals surface area contributed by atoms with Gasteiger partial charge in [0, 0.05) is 6.20 Å². The van der Waals surface area contributed by atoms with Crippen LogP contribution in [0.4, 0.5) is 5.82 Å². The summed E-state index contributed by atoms with van der Waals surface area (Å²) in [6.45, 7) is 1.77. The second-order valence-corrected chi connectivity index (χ2v) is 3.70. The second kappa shape index (κ2) is 4.07. The number of aliphatic hydroxyl groups excluding tert-OH is 2. The molecule has 0 aliphatic carbocycles. The number of hydrogen-bond donors (Lipinski definition) is 3. The molecule has 16 heavy (non-hydrogen) atoms. The van der Waals surface area contributed by atoms with Crippen molar-refractivity contribution in [3.8, 4) is 0 Å². The molecule has 4 N–H and O–H groups in total. The van der Waals surface area contributed by atoms with Gasteiger partial charge in [-0.2, -0.15) is 0 Å². The van der Waals surface area contributed by atoms with Crippen molar-refractivity contribution in [2.75, 3.05) is 12.3 Å². The fourth-order valence-electron chi connectivity index (χ4n) is 1.63. The normalized spacial score (nSPS) is 13.2. The Bertz CT molecular complexity index is 509. The molecule has 0 bridgehead atoms. The van der Waals surface area contributed by atoms with Crippen LogP contribution in [-0.4, -0.2) is 37.5 Å². The van der Waals surface area contributed by atoms with Gasteiger partial charge in [0.25, 0.3) is 0 Å². The summed E-state index contributed by atoms with van der Waals surface area (Å²) < 4.78 is 1.75. The second-order valence-electron chi connectivity index (χ2n) is 3.70. The minimum Gasteiger partial charge on any atom is -0.394 e. The number of fused-ring (bicyclic) bond motifs is 1. The van der Waals surface area contributed by atoms with Gasteiger partial charge in [-0.1, -0.05) is 0 Å². The molecule has 1 atom stereocenters. The van der Waals surface area contributed by atoms with E-state index in [1.54, 1.807) is 23.8 Å². The van der Waals surface area contributed by atoms with Crippen molar-refractivity contribution >= 4 is 16.9 Å². The fourth-order valence-corrected chi connectivity index (χ4v) is 1.63. The maximum Gasteiger partial charge on any atom is 0.145 e. The average molecular weight is 222 g/mol. The van der Waals surface area contributed by atoms with Gasteiger partial charge < -0.3 is 20.5 Å². The number of aromatic nitrogens is 3. The first-order valence-electron chi connectivity index (χ1n) is 4.99. The number of hydrogen-bond acceptors (Lipinski definition) is 5. The molecule has 2 rings (SSSR count). The largest absolute Gasteiger partial charge is 0.394 e. The van der Waals surface area contributed by atoms with E-state index in [0.717, 1.165) is 5.39 Å². The van der Waals surface area contributed by atoms with Crippen LogP contribution in [0, 0.1) is 6.92 Å². The molecular formula is C10H14N4O2. The van der Waals surface area contributed by atoms with Gasteiger partial charge in [0.15, 0.2) is 0 Å². The Hall–Kier alpha value is -1.66. The van der Waals surface area contributed by atoms with Gasteiger partial charge >= 0.3 is 0 Å². The van der Waals surface area contributed by atoms with Crippen LogP contribution in [0.25, 0.3) is 11.0 Å². The molecule has 2 aromatic heterocycles. The van der Waals surface area contributed by atoms with E-state index < -0.39 is 6.10 Å². The third-order valence-electron chi connectivity index (χ3n) is 2.38. The molecule has 0 spiro atoms. The molecule has 0 unspecified atom stereocenters. The monoisotopic (exact) mass is 222 g/mol. The molecule has 6 nitrogen and oxygen atoms in total. The Labute approximate surface area is 92.4 Å². The highest BCUT2D eigenvalue weighted by Crippen LogP contribution is 2.19. The van der Waals surface area contributed by atoms with Gasteiger partial charge in [0.1, 0.15) is 17.3 Å². The van der Waals surface area contributed by atoms with Gasteiger partial charge in [-0.05, 0) is 13.0 Å². The molecule has 2 aromatic rings. The summed E-state index contributed by atoms with van der Waals surface area (Å²) in [7, 11) is 0. The van der Waals surface area contributed by atoms with Gasteiger partial charge in [0.05, 0.1) is 24.6 Å². The summed E-state index contributed by atoms with van der Waals surface area (Å²) >= 11 is 0. The lowest BCUT2D eigenvalue weighted by Crippen LogP contribution is -2.19. The van der Waals surface area contributed by atoms with Gasteiger partial charge in [-0.25, -0.2) is 9.97 Å². The number of nitrogens with zero attached hydrogens (tertiary/aromatic N) is 3. The zero-order valence-corrected chi connectivity index (χ0v) is 8.96. The topological polar surface area (TPSA) is 97.2 Å². The van der Waals surface area contributed by atoms with E-state index in [9.17, 15) is 5.11 Å². The lowest BCUT2D eigenvalue weighted by Gasteiger charge is -2.09. The highest BCUT2D eigenvalue weighted by molar-refractivity contribution is 5.86. The summed E-state index contributed by atoms with van der Waals surface area (Å²) in [6, 6.07) is 1.80. The van der Waals surface area contributed by atoms with Gasteiger partial charge in [-0.15, -0.1) is 0 Å². The first-order chi connectivity index (χ1) is 7.61. The SMILES string of the molecule is Cc1nc(N)c2ccn(C[C@H](O)CO)c2n1. The van der Waals surface area contributed by atoms with Crippen LogP contribution in [0.3, 0.4) is 0 Å². The summed E-state index contributed by atoms with van der Waals surface area (Å²) in [5.41, 5.74) is 6.44. The lowest BCUT2D eigenvalue weighted by molar-refractivity contribution is 0.0821. The molecule has 0 aliphatic heterocycles. The number of anilines is 1. The highest BCUT2D eigenvalue weighted by Gasteiger charge is 2.10. The molecule has 86 valence electrons. The molecule has 0 saturated heterocycles. The molecule has 6 heteroatoms. The van der Waals surface area contributed by atoms with Crippen molar-refractivity contribution in [1.82, 2.24) is 14.5 Å². The van der Waals surface area contributed by atoms with E-state index >= 15 is 0 Å². The lowest BCUT2D eigenvalue weighted by atomic mass is 10.3. The standard InChI is InChI=1S/C10H14N4O2/c1-6-12-9(11)8-2-3-14(10(8)13-6)4-7(16)5-15/h2-3,7,15-16H,4-5H2,1H3,(H2,11,12,13)/t7-/m0/s1. The molecule has 2 heterocycles. The van der Waals surface area contributed by atoms with Crippen molar-refractivity contribution in [2.24, 2.45) is 0 Å². The summed E-state index contributed by atoms with van der Waals surface area (Å²) in [5.74, 6) is 1.02. The fraction of sp³-hybridized carbons (Fsp3) is 0.400. The predicted molar refractivity (Wildman–Crippen MR) is 59.8 cm³/mol. The molecule has 0 radical (unpaired) electrons. The number of rotatable bonds is 3. The molecule has 0 fully saturated rings. The maximum atomic E-state index is 9.38. The molecule has 0 saturated carbocycles. The van der Waals surface area contributed by atoms with E-state index in [4.69, 9.17) is 10.8 Å². The third kappa shape index (κ3) is 1.84. The van der Waals surface area contributed by atoms with Crippen molar-refractivity contribution in [3.05, 3.63) is 18.1 Å². The smallest absolute Gasteiger partial charge is 0.145 e. The zero-order valence-electron chi connectivity index (χ0n) is 8.96. The van der Waals surface area contributed by atoms with E-state index in [1.165, 1.54) is 0 Å². The highest BCUT2D eigenvalue weighted by atomic mass is 16.3. The van der Waals surface area contributed by atoms with Crippen LogP contribution in [0.5, 0.6) is 0 Å². The molecule has 0 aromatic carbocycles. The molecule has 0 aliphatic rings. The Morgan fingerprint density at radius 1 is 1.50 bits per heavy atom. The van der Waals surface area contributed by atoms with Crippen LogP contribution in [0.15, 0.2) is 12.3 Å². The molecular weight excluding hydrogens is 208 g/mol. The zero-order chi connectivity index (χ0) is 11.7. The van der Waals surface area contributed by atoms with Crippen LogP contribution >= 0.6 is 0 Å². The van der Waals surface area contributed by atoms with Crippen molar-refractivity contribution < 1.29 is 10.2 Å². The van der Waals surface area contributed by atoms with E-state index in [-0.39, 0.29) is 13.2 Å². The van der Waals surface area contributed by atoms with Gasteiger partial charge in [-0.3, -0.25) is 0 Å². The number of aryl methyl sites for hydroxylation is 1.